The highest BCUT2D eigenvalue weighted by atomic mass is 35.5. The van der Waals surface area contributed by atoms with E-state index in [9.17, 15) is 9.59 Å². The van der Waals surface area contributed by atoms with Gasteiger partial charge in [0.05, 0.1) is 18.4 Å². The lowest BCUT2D eigenvalue weighted by molar-refractivity contribution is 0.0600. The number of halogens is 1. The minimum absolute atomic E-state index is 0.299. The molecule has 6 nitrogen and oxygen atoms in total. The number of methoxy groups -OCH3 is 1. The number of H-pyrrole nitrogens is 1. The van der Waals surface area contributed by atoms with E-state index in [0.29, 0.717) is 27.7 Å². The zero-order valence-electron chi connectivity index (χ0n) is 13.2. The third-order valence-electron chi connectivity index (χ3n) is 3.50. The van der Waals surface area contributed by atoms with Gasteiger partial charge in [-0.3, -0.25) is 9.89 Å². The van der Waals surface area contributed by atoms with Crippen molar-refractivity contribution in [3.05, 3.63) is 70.9 Å². The molecule has 3 rings (SSSR count). The number of anilines is 1. The fourth-order valence-electron chi connectivity index (χ4n) is 2.25. The van der Waals surface area contributed by atoms with E-state index in [4.69, 9.17) is 11.6 Å². The van der Waals surface area contributed by atoms with Crippen molar-refractivity contribution in [2.24, 2.45) is 0 Å². The fourth-order valence-corrected chi connectivity index (χ4v) is 2.37. The topological polar surface area (TPSA) is 84.1 Å². The minimum Gasteiger partial charge on any atom is -0.465 e. The van der Waals surface area contributed by atoms with Gasteiger partial charge in [0.2, 0.25) is 0 Å². The van der Waals surface area contributed by atoms with Gasteiger partial charge in [-0.25, -0.2) is 4.79 Å². The Bertz CT molecular complexity index is 919. The van der Waals surface area contributed by atoms with Gasteiger partial charge >= 0.3 is 5.97 Å². The van der Waals surface area contributed by atoms with Crippen molar-refractivity contribution in [2.45, 2.75) is 0 Å². The Hall–Kier alpha value is -3.12. The Labute approximate surface area is 148 Å². The molecule has 0 aliphatic rings. The molecule has 3 aromatic rings. The monoisotopic (exact) mass is 355 g/mol. The van der Waals surface area contributed by atoms with Gasteiger partial charge < -0.3 is 10.1 Å². The second-order valence-corrected chi connectivity index (χ2v) is 5.64. The number of rotatable bonds is 4. The minimum atomic E-state index is -0.470. The molecule has 0 aliphatic carbocycles. The third kappa shape index (κ3) is 3.87. The van der Waals surface area contributed by atoms with E-state index >= 15 is 0 Å². The lowest BCUT2D eigenvalue weighted by atomic mass is 10.1. The molecule has 0 bridgehead atoms. The van der Waals surface area contributed by atoms with Crippen molar-refractivity contribution in [1.82, 2.24) is 10.2 Å². The van der Waals surface area contributed by atoms with Crippen LogP contribution in [0, 0.1) is 0 Å². The predicted octanol–water partition coefficient (Wildman–Crippen LogP) is 3.77. The molecule has 0 fully saturated rings. The van der Waals surface area contributed by atoms with Crippen molar-refractivity contribution < 1.29 is 14.3 Å². The third-order valence-corrected chi connectivity index (χ3v) is 3.76. The molecule has 1 amide bonds. The maximum Gasteiger partial charge on any atom is 0.337 e. The van der Waals surface area contributed by atoms with Gasteiger partial charge in [0.1, 0.15) is 5.69 Å². The number of hydrogen-bond donors (Lipinski definition) is 2. The van der Waals surface area contributed by atoms with Crippen LogP contribution in [0.25, 0.3) is 11.3 Å². The van der Waals surface area contributed by atoms with Gasteiger partial charge in [-0.05, 0) is 36.4 Å². The zero-order valence-corrected chi connectivity index (χ0v) is 14.0. The van der Waals surface area contributed by atoms with Crippen molar-refractivity contribution in [3.8, 4) is 11.3 Å². The normalized spacial score (nSPS) is 10.3. The van der Waals surface area contributed by atoms with Crippen molar-refractivity contribution in [2.75, 3.05) is 12.4 Å². The van der Waals surface area contributed by atoms with Gasteiger partial charge in [0.15, 0.2) is 0 Å². The zero-order chi connectivity index (χ0) is 17.8. The summed E-state index contributed by atoms with van der Waals surface area (Å²) in [4.78, 5) is 23.9. The molecule has 0 spiro atoms. The Morgan fingerprint density at radius 2 is 1.88 bits per heavy atom. The molecule has 1 heterocycles. The number of ether oxygens (including phenoxy) is 1. The summed E-state index contributed by atoms with van der Waals surface area (Å²) in [5.41, 5.74) is 2.60. The van der Waals surface area contributed by atoms with Gasteiger partial charge in [-0.2, -0.15) is 5.10 Å². The van der Waals surface area contributed by atoms with Crippen LogP contribution in [0.4, 0.5) is 5.69 Å². The lowest BCUT2D eigenvalue weighted by Gasteiger charge is -2.05. The standard InChI is InChI=1S/C18H14ClN3O3/c1-25-18(24)12-3-2-4-14(9-12)20-17(23)16-10-15(21-22-16)11-5-7-13(19)8-6-11/h2-10H,1H3,(H,20,23)(H,21,22). The average molecular weight is 356 g/mol. The van der Waals surface area contributed by atoms with Crippen LogP contribution < -0.4 is 5.32 Å². The van der Waals surface area contributed by atoms with Crippen LogP contribution in [0.15, 0.2) is 54.6 Å². The largest absolute Gasteiger partial charge is 0.465 e. The maximum atomic E-state index is 12.3. The highest BCUT2D eigenvalue weighted by Gasteiger charge is 2.13. The van der Waals surface area contributed by atoms with Crippen LogP contribution in [0.1, 0.15) is 20.8 Å². The summed E-state index contributed by atoms with van der Waals surface area (Å²) in [6.07, 6.45) is 0. The van der Waals surface area contributed by atoms with Gasteiger partial charge in [0.25, 0.3) is 5.91 Å². The number of hydrogen-bond acceptors (Lipinski definition) is 4. The number of aromatic amines is 1. The number of esters is 1. The number of amides is 1. The number of benzene rings is 2. The Balaban J connectivity index is 1.76. The summed E-state index contributed by atoms with van der Waals surface area (Å²) in [5.74, 6) is -0.836. The molecule has 2 N–H and O–H groups in total. The lowest BCUT2D eigenvalue weighted by Crippen LogP contribution is -2.13. The SMILES string of the molecule is COC(=O)c1cccc(NC(=O)c2cc(-c3ccc(Cl)cc3)n[nH]2)c1. The molecule has 7 heteroatoms. The number of carbonyl (C=O) groups is 2. The molecule has 0 saturated carbocycles. The van der Waals surface area contributed by atoms with Crippen LogP contribution in [0.5, 0.6) is 0 Å². The van der Waals surface area contributed by atoms with Crippen molar-refractivity contribution >= 4 is 29.2 Å². The summed E-state index contributed by atoms with van der Waals surface area (Å²) in [7, 11) is 1.30. The van der Waals surface area contributed by atoms with Gasteiger partial charge in [-0.15, -0.1) is 0 Å². The van der Waals surface area contributed by atoms with Gasteiger partial charge in [-0.1, -0.05) is 29.8 Å². The van der Waals surface area contributed by atoms with Gasteiger partial charge in [0, 0.05) is 16.3 Å². The van der Waals surface area contributed by atoms with Crippen LogP contribution in [-0.2, 0) is 4.74 Å². The van der Waals surface area contributed by atoms with E-state index in [1.54, 1.807) is 42.5 Å². The molecule has 1 aromatic heterocycles. The number of carbonyl (C=O) groups excluding carboxylic acids is 2. The highest BCUT2D eigenvalue weighted by Crippen LogP contribution is 2.21. The second kappa shape index (κ2) is 7.19. The molecule has 0 unspecified atom stereocenters. The molecule has 0 atom stereocenters. The Kier molecular flexibility index (Phi) is 4.81. The van der Waals surface area contributed by atoms with Crippen LogP contribution in [0.2, 0.25) is 5.02 Å². The van der Waals surface area contributed by atoms with Crippen molar-refractivity contribution in [1.29, 1.82) is 0 Å². The summed E-state index contributed by atoms with van der Waals surface area (Å²) >= 11 is 5.87. The van der Waals surface area contributed by atoms with E-state index in [2.05, 4.69) is 20.3 Å². The molecule has 0 saturated heterocycles. The van der Waals surface area contributed by atoms with Crippen LogP contribution in [0.3, 0.4) is 0 Å². The molecular formula is C18H14ClN3O3. The number of aromatic nitrogens is 2. The summed E-state index contributed by atoms with van der Waals surface area (Å²) < 4.78 is 4.66. The number of nitrogens with one attached hydrogen (secondary N) is 2. The average Bonchev–Trinajstić information content (AvgIpc) is 3.12. The Morgan fingerprint density at radius 1 is 1.12 bits per heavy atom. The predicted molar refractivity (Wildman–Crippen MR) is 94.8 cm³/mol. The first-order valence-electron chi connectivity index (χ1n) is 7.38. The van der Waals surface area contributed by atoms with E-state index in [0.717, 1.165) is 5.56 Å². The summed E-state index contributed by atoms with van der Waals surface area (Å²) in [6, 6.07) is 15.3. The second-order valence-electron chi connectivity index (χ2n) is 5.20. The Morgan fingerprint density at radius 3 is 2.60 bits per heavy atom. The van der Waals surface area contributed by atoms with Crippen LogP contribution >= 0.6 is 11.6 Å². The van der Waals surface area contributed by atoms with E-state index in [1.807, 2.05) is 12.1 Å². The summed E-state index contributed by atoms with van der Waals surface area (Å²) in [6.45, 7) is 0. The number of nitrogens with zero attached hydrogens (tertiary/aromatic N) is 1. The molecule has 0 radical (unpaired) electrons. The first kappa shape index (κ1) is 16.7. The van der Waals surface area contributed by atoms with Crippen LogP contribution in [-0.4, -0.2) is 29.2 Å². The first-order chi connectivity index (χ1) is 12.1. The van der Waals surface area contributed by atoms with E-state index in [-0.39, 0.29) is 5.91 Å². The molecule has 25 heavy (non-hydrogen) atoms. The van der Waals surface area contributed by atoms with Crippen molar-refractivity contribution in [3.63, 3.8) is 0 Å². The first-order valence-corrected chi connectivity index (χ1v) is 7.75. The maximum absolute atomic E-state index is 12.3. The fraction of sp³-hybridized carbons (Fsp3) is 0.0556. The summed E-state index contributed by atoms with van der Waals surface area (Å²) in [5, 5.41) is 10.2. The van der Waals surface area contributed by atoms with E-state index in [1.165, 1.54) is 7.11 Å². The molecule has 0 aliphatic heterocycles. The quantitative estimate of drug-likeness (QED) is 0.698. The molecule has 2 aromatic carbocycles. The molecular weight excluding hydrogens is 342 g/mol. The smallest absolute Gasteiger partial charge is 0.337 e. The molecule has 126 valence electrons. The highest BCUT2D eigenvalue weighted by molar-refractivity contribution is 6.30. The van der Waals surface area contributed by atoms with E-state index < -0.39 is 5.97 Å².